The number of carbonyl (C=O) groups excluding carboxylic acids is 4. The molecule has 0 saturated heterocycles. The molecule has 2 aromatic carbocycles. The van der Waals surface area contributed by atoms with Crippen molar-refractivity contribution in [3.63, 3.8) is 0 Å². The van der Waals surface area contributed by atoms with Crippen molar-refractivity contribution in [3.05, 3.63) is 54.1 Å². The maximum Gasteiger partial charge on any atom is 0.338 e. The quantitative estimate of drug-likeness (QED) is 0.728. The van der Waals surface area contributed by atoms with Crippen LogP contribution in [-0.4, -0.2) is 43.0 Å². The number of fused-ring (bicyclic) bond motifs is 1. The van der Waals surface area contributed by atoms with E-state index >= 15 is 0 Å². The van der Waals surface area contributed by atoms with Gasteiger partial charge in [0, 0.05) is 12.6 Å². The molecule has 2 aromatic rings. The van der Waals surface area contributed by atoms with Crippen molar-refractivity contribution in [2.75, 3.05) is 18.5 Å². The Morgan fingerprint density at radius 3 is 2.41 bits per heavy atom. The SMILES string of the molecule is CC(=O)Nc1ccc(C(=O)OCC(=O)NC(=O)[C@@H]2COc3ccccc3O2)cc1. The molecule has 3 rings (SSSR count). The Balaban J connectivity index is 1.46. The van der Waals surface area contributed by atoms with Crippen LogP contribution < -0.4 is 20.1 Å². The number of hydrogen-bond donors (Lipinski definition) is 2. The summed E-state index contributed by atoms with van der Waals surface area (Å²) in [5, 5.41) is 4.68. The van der Waals surface area contributed by atoms with Gasteiger partial charge in [0.15, 0.2) is 18.1 Å². The topological polar surface area (TPSA) is 120 Å². The van der Waals surface area contributed by atoms with Gasteiger partial charge in [0.05, 0.1) is 5.56 Å². The summed E-state index contributed by atoms with van der Waals surface area (Å²) in [6.45, 7) is 0.685. The Morgan fingerprint density at radius 2 is 1.72 bits per heavy atom. The monoisotopic (exact) mass is 398 g/mol. The van der Waals surface area contributed by atoms with E-state index in [1.165, 1.54) is 31.2 Å². The predicted octanol–water partition coefficient (Wildman–Crippen LogP) is 1.28. The number of benzene rings is 2. The molecule has 0 unspecified atom stereocenters. The van der Waals surface area contributed by atoms with Crippen LogP contribution in [0.5, 0.6) is 11.5 Å². The van der Waals surface area contributed by atoms with Crippen molar-refractivity contribution in [3.8, 4) is 11.5 Å². The summed E-state index contributed by atoms with van der Waals surface area (Å²) < 4.78 is 15.8. The standard InChI is InChI=1S/C20H18N2O7/c1-12(23)21-14-8-6-13(7-9-14)20(26)28-11-18(24)22-19(25)17-10-27-15-4-2-3-5-16(15)29-17/h2-9,17H,10-11H2,1H3,(H,21,23)(H,22,24,25)/t17-/m0/s1. The second-order valence-electron chi connectivity index (χ2n) is 6.11. The van der Waals surface area contributed by atoms with Gasteiger partial charge in [0.1, 0.15) is 6.61 Å². The predicted molar refractivity (Wildman–Crippen MR) is 101 cm³/mol. The third-order valence-electron chi connectivity index (χ3n) is 3.84. The number of carbonyl (C=O) groups is 4. The Bertz CT molecular complexity index is 940. The molecular formula is C20H18N2O7. The molecule has 9 heteroatoms. The van der Waals surface area contributed by atoms with Gasteiger partial charge in [0.2, 0.25) is 12.0 Å². The highest BCUT2D eigenvalue weighted by Crippen LogP contribution is 2.30. The molecule has 0 aliphatic carbocycles. The van der Waals surface area contributed by atoms with Crippen LogP contribution in [0, 0.1) is 0 Å². The van der Waals surface area contributed by atoms with Gasteiger partial charge in [-0.1, -0.05) is 12.1 Å². The minimum Gasteiger partial charge on any atom is -0.485 e. The van der Waals surface area contributed by atoms with E-state index in [9.17, 15) is 19.2 Å². The Morgan fingerprint density at radius 1 is 1.03 bits per heavy atom. The van der Waals surface area contributed by atoms with Crippen molar-refractivity contribution in [2.24, 2.45) is 0 Å². The maximum absolute atomic E-state index is 12.1. The third kappa shape index (κ3) is 5.32. The van der Waals surface area contributed by atoms with Gasteiger partial charge in [-0.2, -0.15) is 0 Å². The molecule has 1 aliphatic heterocycles. The molecule has 0 bridgehead atoms. The largest absolute Gasteiger partial charge is 0.485 e. The number of rotatable bonds is 5. The molecule has 0 fully saturated rings. The van der Waals surface area contributed by atoms with Gasteiger partial charge in [0.25, 0.3) is 11.8 Å². The van der Waals surface area contributed by atoms with Crippen molar-refractivity contribution < 1.29 is 33.4 Å². The van der Waals surface area contributed by atoms with E-state index in [2.05, 4.69) is 10.6 Å². The number of amides is 3. The second kappa shape index (κ2) is 8.87. The molecule has 0 radical (unpaired) electrons. The maximum atomic E-state index is 12.1. The van der Waals surface area contributed by atoms with Crippen molar-refractivity contribution in [1.82, 2.24) is 5.32 Å². The fourth-order valence-electron chi connectivity index (χ4n) is 2.51. The lowest BCUT2D eigenvalue weighted by molar-refractivity contribution is -0.137. The molecule has 0 spiro atoms. The fourth-order valence-corrected chi connectivity index (χ4v) is 2.51. The summed E-state index contributed by atoms with van der Waals surface area (Å²) in [6.07, 6.45) is -0.995. The summed E-state index contributed by atoms with van der Waals surface area (Å²) in [7, 11) is 0. The van der Waals surface area contributed by atoms with E-state index in [4.69, 9.17) is 14.2 Å². The van der Waals surface area contributed by atoms with Crippen LogP contribution in [0.15, 0.2) is 48.5 Å². The molecule has 1 heterocycles. The van der Waals surface area contributed by atoms with Crippen LogP contribution >= 0.6 is 0 Å². The number of imide groups is 1. The summed E-state index contributed by atoms with van der Waals surface area (Å²) >= 11 is 0. The zero-order valence-corrected chi connectivity index (χ0v) is 15.5. The van der Waals surface area contributed by atoms with Crippen molar-refractivity contribution in [1.29, 1.82) is 0 Å². The smallest absolute Gasteiger partial charge is 0.338 e. The molecule has 29 heavy (non-hydrogen) atoms. The average molecular weight is 398 g/mol. The number of esters is 1. The van der Waals surface area contributed by atoms with Crippen LogP contribution in [0.4, 0.5) is 5.69 Å². The number of hydrogen-bond acceptors (Lipinski definition) is 7. The van der Waals surface area contributed by atoms with Crippen molar-refractivity contribution >= 4 is 29.4 Å². The fraction of sp³-hybridized carbons (Fsp3) is 0.200. The van der Waals surface area contributed by atoms with E-state index in [1.807, 2.05) is 0 Å². The Hall–Kier alpha value is -3.88. The Kier molecular flexibility index (Phi) is 6.08. The van der Waals surface area contributed by atoms with Gasteiger partial charge in [-0.05, 0) is 36.4 Å². The van der Waals surface area contributed by atoms with Crippen molar-refractivity contribution in [2.45, 2.75) is 13.0 Å². The number of para-hydroxylation sites is 2. The average Bonchev–Trinajstić information content (AvgIpc) is 2.71. The molecule has 3 amide bonds. The normalized spacial score (nSPS) is 14.4. The van der Waals surface area contributed by atoms with E-state index in [1.54, 1.807) is 24.3 Å². The first kappa shape index (κ1) is 19.9. The summed E-state index contributed by atoms with van der Waals surface area (Å²) in [5.74, 6) is -1.55. The van der Waals surface area contributed by atoms with E-state index in [0.29, 0.717) is 17.2 Å². The van der Waals surface area contributed by atoms with E-state index in [-0.39, 0.29) is 18.1 Å². The second-order valence-corrected chi connectivity index (χ2v) is 6.11. The van der Waals surface area contributed by atoms with Gasteiger partial charge < -0.3 is 19.5 Å². The first-order chi connectivity index (χ1) is 13.9. The van der Waals surface area contributed by atoms with Gasteiger partial charge in [-0.15, -0.1) is 0 Å². The molecule has 1 aliphatic rings. The number of ether oxygens (including phenoxy) is 3. The summed E-state index contributed by atoms with van der Waals surface area (Å²) in [4.78, 5) is 47.0. The molecule has 0 saturated carbocycles. The zero-order valence-electron chi connectivity index (χ0n) is 15.5. The van der Waals surface area contributed by atoms with Crippen LogP contribution in [-0.2, 0) is 19.1 Å². The lowest BCUT2D eigenvalue weighted by Gasteiger charge is -2.25. The Labute approximate surface area is 165 Å². The number of anilines is 1. The van der Waals surface area contributed by atoms with Gasteiger partial charge in [-0.25, -0.2) is 4.79 Å². The molecule has 2 N–H and O–H groups in total. The lowest BCUT2D eigenvalue weighted by atomic mass is 10.2. The van der Waals surface area contributed by atoms with E-state index in [0.717, 1.165) is 0 Å². The number of nitrogens with one attached hydrogen (secondary N) is 2. The highest BCUT2D eigenvalue weighted by molar-refractivity contribution is 5.99. The molecular weight excluding hydrogens is 380 g/mol. The summed E-state index contributed by atoms with van der Waals surface area (Å²) in [5.41, 5.74) is 0.715. The van der Waals surface area contributed by atoms with Crippen LogP contribution in [0.2, 0.25) is 0 Å². The van der Waals surface area contributed by atoms with Gasteiger partial charge in [-0.3, -0.25) is 19.7 Å². The third-order valence-corrected chi connectivity index (χ3v) is 3.84. The van der Waals surface area contributed by atoms with Gasteiger partial charge >= 0.3 is 5.97 Å². The lowest BCUT2D eigenvalue weighted by Crippen LogP contribution is -2.47. The highest BCUT2D eigenvalue weighted by Gasteiger charge is 2.28. The molecule has 1 atom stereocenters. The summed E-state index contributed by atoms with van der Waals surface area (Å²) in [6, 6.07) is 12.8. The highest BCUT2D eigenvalue weighted by atomic mass is 16.6. The molecule has 9 nitrogen and oxygen atoms in total. The molecule has 150 valence electrons. The van der Waals surface area contributed by atoms with Crippen LogP contribution in [0.3, 0.4) is 0 Å². The first-order valence-corrected chi connectivity index (χ1v) is 8.69. The van der Waals surface area contributed by atoms with Crippen LogP contribution in [0.1, 0.15) is 17.3 Å². The van der Waals surface area contributed by atoms with E-state index < -0.39 is 30.5 Å². The minimum absolute atomic E-state index is 0.0451. The molecule has 0 aromatic heterocycles. The minimum atomic E-state index is -0.995. The zero-order chi connectivity index (χ0) is 20.8. The van der Waals surface area contributed by atoms with Crippen LogP contribution in [0.25, 0.3) is 0 Å². The first-order valence-electron chi connectivity index (χ1n) is 8.69.